The highest BCUT2D eigenvalue weighted by atomic mass is 79.9. The Labute approximate surface area is 190 Å². The maximum atomic E-state index is 13.7. The normalized spacial score (nSPS) is 32.1. The lowest BCUT2D eigenvalue weighted by molar-refractivity contribution is -0.312. The van der Waals surface area contributed by atoms with E-state index in [0.29, 0.717) is 0 Å². The van der Waals surface area contributed by atoms with Crippen molar-refractivity contribution in [1.29, 1.82) is 0 Å². The second-order valence-corrected chi connectivity index (χ2v) is 11.0. The van der Waals surface area contributed by atoms with E-state index in [1.807, 2.05) is 48.5 Å². The summed E-state index contributed by atoms with van der Waals surface area (Å²) in [4.78, 5) is 40.3. The maximum Gasteiger partial charge on any atom is 0.235 e. The smallest absolute Gasteiger partial charge is 0.235 e. The summed E-state index contributed by atoms with van der Waals surface area (Å²) in [5, 5.41) is 11.9. The van der Waals surface area contributed by atoms with E-state index in [1.54, 1.807) is 13.8 Å². The SMILES string of the molecule is CC(C)[C@H](C(=O)[O-])N1C(=O)[C@@H]2[C@H](C1=O)C1(Br)c3ccccc3C2(Br)c2ccccc21. The molecule has 1 fully saturated rings. The van der Waals surface area contributed by atoms with E-state index >= 15 is 0 Å². The minimum Gasteiger partial charge on any atom is -0.548 e. The van der Waals surface area contributed by atoms with E-state index in [2.05, 4.69) is 31.9 Å². The standard InChI is InChI=1S/C23H19Br2NO4/c1-11(2)18(21(29)30)26-19(27)16-17(20(26)28)23(25)13-8-4-3-7-12(13)22(16,24)14-9-5-6-10-15(14)23/h3-11,16-18H,1-2H3,(H,29,30)/p-1/t16-,17+,18-,22?,23?/m1/s1. The van der Waals surface area contributed by atoms with Crippen LogP contribution in [0.2, 0.25) is 0 Å². The molecule has 3 aliphatic carbocycles. The Morgan fingerprint density at radius 2 is 1.20 bits per heavy atom. The largest absolute Gasteiger partial charge is 0.548 e. The van der Waals surface area contributed by atoms with Gasteiger partial charge in [0.25, 0.3) is 0 Å². The minimum absolute atomic E-state index is 0.469. The van der Waals surface area contributed by atoms with Gasteiger partial charge in [-0.05, 0) is 28.2 Å². The van der Waals surface area contributed by atoms with Gasteiger partial charge in [0.05, 0.1) is 32.5 Å². The van der Waals surface area contributed by atoms with Crippen molar-refractivity contribution < 1.29 is 19.5 Å². The highest BCUT2D eigenvalue weighted by Gasteiger charge is 2.73. The van der Waals surface area contributed by atoms with Gasteiger partial charge >= 0.3 is 0 Å². The molecule has 2 aromatic carbocycles. The van der Waals surface area contributed by atoms with Crippen molar-refractivity contribution in [3.05, 3.63) is 70.8 Å². The first-order valence-electron chi connectivity index (χ1n) is 9.82. The highest BCUT2D eigenvalue weighted by molar-refractivity contribution is 9.10. The third-order valence-corrected chi connectivity index (χ3v) is 9.47. The molecule has 0 spiro atoms. The Hall–Kier alpha value is -1.99. The number of imide groups is 1. The summed E-state index contributed by atoms with van der Waals surface area (Å²) < 4.78 is -1.84. The van der Waals surface area contributed by atoms with Gasteiger partial charge in [0, 0.05) is 0 Å². The number of hydrogen-bond donors (Lipinski definition) is 0. The summed E-state index contributed by atoms with van der Waals surface area (Å²) in [6, 6.07) is 14.2. The van der Waals surface area contributed by atoms with Gasteiger partial charge in [-0.25, -0.2) is 0 Å². The molecule has 0 saturated carbocycles. The monoisotopic (exact) mass is 530 g/mol. The molecule has 5 nitrogen and oxygen atoms in total. The molecule has 1 aliphatic heterocycles. The number of nitrogens with zero attached hydrogens (tertiary/aromatic N) is 1. The van der Waals surface area contributed by atoms with Crippen molar-refractivity contribution in [2.24, 2.45) is 17.8 Å². The van der Waals surface area contributed by atoms with Gasteiger partial charge in [0.1, 0.15) is 0 Å². The van der Waals surface area contributed by atoms with Crippen molar-refractivity contribution in [3.8, 4) is 0 Å². The summed E-state index contributed by atoms with van der Waals surface area (Å²) >= 11 is 7.79. The summed E-state index contributed by atoms with van der Waals surface area (Å²) in [6.07, 6.45) is 0. The molecule has 1 saturated heterocycles. The molecule has 7 heteroatoms. The van der Waals surface area contributed by atoms with Gasteiger partial charge in [0.2, 0.25) is 11.8 Å². The fourth-order valence-corrected chi connectivity index (χ4v) is 7.94. The van der Waals surface area contributed by atoms with Crippen LogP contribution in [0.1, 0.15) is 36.1 Å². The van der Waals surface area contributed by atoms with E-state index in [4.69, 9.17) is 0 Å². The number of rotatable bonds is 3. The lowest BCUT2D eigenvalue weighted by Crippen LogP contribution is -2.56. The maximum absolute atomic E-state index is 13.7. The zero-order valence-corrected chi connectivity index (χ0v) is 19.4. The number of carbonyl (C=O) groups excluding carboxylic acids is 3. The van der Waals surface area contributed by atoms with Crippen LogP contribution in [0.15, 0.2) is 48.5 Å². The van der Waals surface area contributed by atoms with E-state index in [-0.39, 0.29) is 0 Å². The van der Waals surface area contributed by atoms with Gasteiger partial charge in [-0.2, -0.15) is 0 Å². The Kier molecular flexibility index (Phi) is 4.16. The van der Waals surface area contributed by atoms with Gasteiger partial charge in [-0.1, -0.05) is 94.2 Å². The second-order valence-electron chi connectivity index (χ2n) is 8.52. The molecule has 3 atom stereocenters. The van der Waals surface area contributed by atoms with Crippen molar-refractivity contribution in [3.63, 3.8) is 0 Å². The third-order valence-electron chi connectivity index (χ3n) is 6.77. The number of alkyl halides is 2. The molecule has 154 valence electrons. The molecule has 2 aromatic rings. The highest BCUT2D eigenvalue weighted by Crippen LogP contribution is 2.70. The molecule has 0 aromatic heterocycles. The third kappa shape index (κ3) is 2.10. The van der Waals surface area contributed by atoms with Crippen LogP contribution in [-0.4, -0.2) is 28.7 Å². The van der Waals surface area contributed by atoms with Crippen LogP contribution in [0.3, 0.4) is 0 Å². The molecule has 0 unspecified atom stereocenters. The Morgan fingerprint density at radius 3 is 1.47 bits per heavy atom. The van der Waals surface area contributed by atoms with Crippen LogP contribution in [0.4, 0.5) is 0 Å². The fourth-order valence-electron chi connectivity index (χ4n) is 5.64. The lowest BCUT2D eigenvalue weighted by atomic mass is 9.54. The predicted octanol–water partition coefficient (Wildman–Crippen LogP) is 2.67. The molecule has 1 heterocycles. The van der Waals surface area contributed by atoms with E-state index in [1.165, 1.54) is 0 Å². The number of hydrogen-bond acceptors (Lipinski definition) is 4. The van der Waals surface area contributed by atoms with E-state index in [0.717, 1.165) is 27.2 Å². The fraction of sp³-hybridized carbons (Fsp3) is 0.348. The summed E-state index contributed by atoms with van der Waals surface area (Å²) in [5.74, 6) is -4.37. The Balaban J connectivity index is 1.82. The van der Waals surface area contributed by atoms with Crippen LogP contribution in [0, 0.1) is 17.8 Å². The topological polar surface area (TPSA) is 77.5 Å². The molecule has 2 bridgehead atoms. The summed E-state index contributed by atoms with van der Waals surface area (Å²) in [7, 11) is 0. The van der Waals surface area contributed by atoms with Crippen molar-refractivity contribution >= 4 is 49.6 Å². The van der Waals surface area contributed by atoms with Crippen molar-refractivity contribution in [2.75, 3.05) is 0 Å². The molecule has 30 heavy (non-hydrogen) atoms. The van der Waals surface area contributed by atoms with Crippen LogP contribution >= 0.6 is 31.9 Å². The number of amides is 2. The molecule has 2 amide bonds. The molecular formula is C23H18Br2NO4-. The molecule has 4 aliphatic rings. The molecule has 0 N–H and O–H groups in total. The quantitative estimate of drug-likeness (QED) is 0.450. The summed E-state index contributed by atoms with van der Waals surface area (Å²) in [6.45, 7) is 3.35. The number of halogens is 2. The Morgan fingerprint density at radius 1 is 0.867 bits per heavy atom. The van der Waals surface area contributed by atoms with E-state index in [9.17, 15) is 19.5 Å². The van der Waals surface area contributed by atoms with Gasteiger partial charge in [0.15, 0.2) is 0 Å². The van der Waals surface area contributed by atoms with Gasteiger partial charge < -0.3 is 9.90 Å². The van der Waals surface area contributed by atoms with Crippen LogP contribution in [-0.2, 0) is 23.0 Å². The zero-order valence-electron chi connectivity index (χ0n) is 16.3. The number of likely N-dealkylation sites (tertiary alicyclic amines) is 1. The first-order valence-corrected chi connectivity index (χ1v) is 11.4. The number of benzene rings is 2. The zero-order chi connectivity index (χ0) is 21.6. The first-order chi connectivity index (χ1) is 14.2. The Bertz CT molecular complexity index is 1010. The first kappa shape index (κ1) is 19.9. The average molecular weight is 532 g/mol. The second kappa shape index (κ2) is 6.26. The predicted molar refractivity (Wildman–Crippen MR) is 115 cm³/mol. The number of aliphatic carboxylic acids is 1. The molecule has 0 radical (unpaired) electrons. The van der Waals surface area contributed by atoms with Crippen molar-refractivity contribution in [1.82, 2.24) is 4.90 Å². The number of carboxylic acids is 1. The van der Waals surface area contributed by atoms with Gasteiger partial charge in [-0.15, -0.1) is 0 Å². The average Bonchev–Trinajstić information content (AvgIpc) is 2.98. The van der Waals surface area contributed by atoms with Crippen molar-refractivity contribution in [2.45, 2.75) is 28.5 Å². The van der Waals surface area contributed by atoms with Crippen LogP contribution in [0.5, 0.6) is 0 Å². The minimum atomic E-state index is -1.42. The van der Waals surface area contributed by atoms with Crippen LogP contribution < -0.4 is 5.11 Å². The van der Waals surface area contributed by atoms with Gasteiger partial charge in [-0.3, -0.25) is 14.5 Å². The summed E-state index contributed by atoms with van der Waals surface area (Å²) in [5.41, 5.74) is 3.66. The molecular weight excluding hydrogens is 514 g/mol. The number of carbonyl (C=O) groups is 3. The lowest BCUT2D eigenvalue weighted by Gasteiger charge is -2.55. The molecule has 6 rings (SSSR count). The van der Waals surface area contributed by atoms with Crippen LogP contribution in [0.25, 0.3) is 0 Å². The number of carboxylic acid groups (broad SMARTS) is 1. The van der Waals surface area contributed by atoms with E-state index < -0.39 is 50.2 Å².